The van der Waals surface area contributed by atoms with Crippen LogP contribution < -0.4 is 9.64 Å². The van der Waals surface area contributed by atoms with Crippen molar-refractivity contribution in [3.8, 4) is 5.75 Å². The molecule has 32 heavy (non-hydrogen) atoms. The summed E-state index contributed by atoms with van der Waals surface area (Å²) in [6.07, 6.45) is 2.32. The average Bonchev–Trinajstić information content (AvgIpc) is 2.71. The molecule has 1 aromatic heterocycles. The molecule has 3 heterocycles. The van der Waals surface area contributed by atoms with E-state index in [4.69, 9.17) is 32.9 Å². The summed E-state index contributed by atoms with van der Waals surface area (Å²) >= 11 is 12.4. The van der Waals surface area contributed by atoms with E-state index in [-0.39, 0.29) is 12.7 Å². The number of aryl methyl sites for hydroxylation is 1. The zero-order chi connectivity index (χ0) is 22.8. The Bertz CT molecular complexity index is 947. The third kappa shape index (κ3) is 5.17. The van der Waals surface area contributed by atoms with E-state index >= 15 is 0 Å². The predicted octanol–water partition coefficient (Wildman–Crippen LogP) is 5.29. The first-order valence-electron chi connectivity index (χ1n) is 11.5. The number of β-amino-alcohol motifs (C(OH)–C–C–N with tert-alkyl or cyclic N) is 1. The number of anilines is 1. The average molecular weight is 478 g/mol. The summed E-state index contributed by atoms with van der Waals surface area (Å²) in [6, 6.07) is 7.58. The molecular weight excluding hydrogens is 445 g/mol. The van der Waals surface area contributed by atoms with Gasteiger partial charge in [0.1, 0.15) is 17.7 Å². The SMILES string of the molecule is Cc1nc(N2CC([C@H]3CCCN(CCO)C3)C2)cc(O[C@H](C)c2ccc(Cl)cc2Cl)c1C. The van der Waals surface area contributed by atoms with Gasteiger partial charge < -0.3 is 19.6 Å². The minimum Gasteiger partial charge on any atom is -0.485 e. The van der Waals surface area contributed by atoms with Crippen LogP contribution in [-0.2, 0) is 0 Å². The van der Waals surface area contributed by atoms with E-state index in [1.807, 2.05) is 32.9 Å². The Morgan fingerprint density at radius 3 is 2.66 bits per heavy atom. The molecule has 1 N–H and O–H groups in total. The van der Waals surface area contributed by atoms with Crippen molar-refractivity contribution in [2.75, 3.05) is 44.2 Å². The van der Waals surface area contributed by atoms with Crippen molar-refractivity contribution in [1.82, 2.24) is 9.88 Å². The van der Waals surface area contributed by atoms with E-state index in [1.165, 1.54) is 12.8 Å². The highest BCUT2D eigenvalue weighted by Gasteiger charge is 2.36. The molecule has 2 fully saturated rings. The lowest BCUT2D eigenvalue weighted by atomic mass is 9.80. The van der Waals surface area contributed by atoms with Crippen molar-refractivity contribution in [2.24, 2.45) is 11.8 Å². The topological polar surface area (TPSA) is 48.8 Å². The summed E-state index contributed by atoms with van der Waals surface area (Å²) in [5, 5.41) is 10.5. The molecule has 2 aliphatic heterocycles. The molecule has 4 rings (SSSR count). The Kier molecular flexibility index (Phi) is 7.51. The zero-order valence-corrected chi connectivity index (χ0v) is 20.7. The second kappa shape index (κ2) is 10.2. The number of piperidine rings is 1. The Balaban J connectivity index is 1.43. The van der Waals surface area contributed by atoms with E-state index in [0.29, 0.717) is 21.9 Å². The molecule has 0 spiro atoms. The zero-order valence-electron chi connectivity index (χ0n) is 19.2. The molecule has 2 aromatic rings. The predicted molar refractivity (Wildman–Crippen MR) is 131 cm³/mol. The molecular formula is C25H33Cl2N3O2. The Morgan fingerprint density at radius 1 is 1.16 bits per heavy atom. The molecule has 2 atom stereocenters. The van der Waals surface area contributed by atoms with Gasteiger partial charge in [-0.1, -0.05) is 29.3 Å². The van der Waals surface area contributed by atoms with Crippen molar-refractivity contribution in [3.05, 3.63) is 51.1 Å². The van der Waals surface area contributed by atoms with Crippen molar-refractivity contribution in [3.63, 3.8) is 0 Å². The fourth-order valence-corrected chi connectivity index (χ4v) is 5.44. The van der Waals surface area contributed by atoms with Crippen molar-refractivity contribution >= 4 is 29.0 Å². The fourth-order valence-electron chi connectivity index (χ4n) is 4.88. The summed E-state index contributed by atoms with van der Waals surface area (Å²) in [6.45, 7) is 11.4. The van der Waals surface area contributed by atoms with Crippen molar-refractivity contribution in [1.29, 1.82) is 0 Å². The number of aliphatic hydroxyl groups is 1. The first-order valence-corrected chi connectivity index (χ1v) is 12.3. The summed E-state index contributed by atoms with van der Waals surface area (Å²) in [4.78, 5) is 9.61. The molecule has 174 valence electrons. The molecule has 0 saturated carbocycles. The first kappa shape index (κ1) is 23.6. The smallest absolute Gasteiger partial charge is 0.132 e. The van der Waals surface area contributed by atoms with Crippen LogP contribution in [0.4, 0.5) is 5.82 Å². The van der Waals surface area contributed by atoms with Gasteiger partial charge in [0.2, 0.25) is 0 Å². The van der Waals surface area contributed by atoms with Crippen molar-refractivity contribution < 1.29 is 9.84 Å². The van der Waals surface area contributed by atoms with E-state index in [0.717, 1.165) is 61.1 Å². The second-order valence-electron chi connectivity index (χ2n) is 9.21. The van der Waals surface area contributed by atoms with E-state index in [9.17, 15) is 5.11 Å². The summed E-state index contributed by atoms with van der Waals surface area (Å²) in [5.41, 5.74) is 2.96. The molecule has 0 amide bonds. The maximum absolute atomic E-state index is 9.26. The minimum atomic E-state index is -0.197. The summed E-state index contributed by atoms with van der Waals surface area (Å²) in [7, 11) is 0. The highest BCUT2D eigenvalue weighted by Crippen LogP contribution is 2.37. The van der Waals surface area contributed by atoms with Crippen molar-refractivity contribution in [2.45, 2.75) is 39.7 Å². The highest BCUT2D eigenvalue weighted by atomic mass is 35.5. The van der Waals surface area contributed by atoms with Gasteiger partial charge in [0.15, 0.2) is 0 Å². The lowest BCUT2D eigenvalue weighted by Crippen LogP contribution is -2.54. The maximum atomic E-state index is 9.26. The van der Waals surface area contributed by atoms with Crippen LogP contribution in [0.25, 0.3) is 0 Å². The van der Waals surface area contributed by atoms with Gasteiger partial charge in [-0.05, 0) is 64.1 Å². The van der Waals surface area contributed by atoms with Crippen LogP contribution in [0.2, 0.25) is 10.0 Å². The Hall–Kier alpha value is -1.53. The lowest BCUT2D eigenvalue weighted by Gasteiger charge is -2.47. The van der Waals surface area contributed by atoms with Crippen LogP contribution in [0, 0.1) is 25.7 Å². The number of benzene rings is 1. The number of nitrogens with zero attached hydrogens (tertiary/aromatic N) is 3. The van der Waals surface area contributed by atoms with Crippen LogP contribution in [0.1, 0.15) is 42.7 Å². The number of hydrogen-bond donors (Lipinski definition) is 1. The first-order chi connectivity index (χ1) is 15.4. The number of ether oxygens (including phenoxy) is 1. The summed E-state index contributed by atoms with van der Waals surface area (Å²) in [5.74, 6) is 3.23. The van der Waals surface area contributed by atoms with Gasteiger partial charge in [-0.25, -0.2) is 4.98 Å². The monoisotopic (exact) mass is 477 g/mol. The number of hydrogen-bond acceptors (Lipinski definition) is 5. The number of rotatable bonds is 7. The lowest BCUT2D eigenvalue weighted by molar-refractivity contribution is 0.101. The third-order valence-electron chi connectivity index (χ3n) is 7.02. The van der Waals surface area contributed by atoms with Gasteiger partial charge in [0, 0.05) is 59.1 Å². The highest BCUT2D eigenvalue weighted by molar-refractivity contribution is 6.35. The van der Waals surface area contributed by atoms with Gasteiger partial charge in [-0.3, -0.25) is 0 Å². The number of aliphatic hydroxyl groups excluding tert-OH is 1. The molecule has 2 saturated heterocycles. The van der Waals surface area contributed by atoms with Gasteiger partial charge in [0.05, 0.1) is 6.61 Å². The molecule has 2 aliphatic rings. The van der Waals surface area contributed by atoms with E-state index in [1.54, 1.807) is 6.07 Å². The summed E-state index contributed by atoms with van der Waals surface area (Å²) < 4.78 is 6.35. The maximum Gasteiger partial charge on any atom is 0.132 e. The van der Waals surface area contributed by atoms with Gasteiger partial charge in [0.25, 0.3) is 0 Å². The van der Waals surface area contributed by atoms with Crippen LogP contribution in [0.5, 0.6) is 5.75 Å². The van der Waals surface area contributed by atoms with Gasteiger partial charge in [-0.15, -0.1) is 0 Å². The quantitative estimate of drug-likeness (QED) is 0.587. The number of halogens is 2. The standard InChI is InChI=1S/C25H33Cl2N3O2/c1-16-17(2)28-25(12-24(16)32-18(3)22-7-6-21(26)11-23(22)27)30-14-20(15-30)19-5-4-8-29(13-19)9-10-31/h6-7,11-12,18-20,31H,4-5,8-10,13-15H2,1-3H3/t18-,19+/m1/s1. The second-order valence-corrected chi connectivity index (χ2v) is 10.1. The molecule has 1 aromatic carbocycles. The number of aromatic nitrogens is 1. The van der Waals surface area contributed by atoms with Crippen LogP contribution in [0.3, 0.4) is 0 Å². The third-order valence-corrected chi connectivity index (χ3v) is 7.58. The number of pyridine rings is 1. The molecule has 0 unspecified atom stereocenters. The Labute approximate surface area is 201 Å². The normalized spacial score (nSPS) is 20.8. The van der Waals surface area contributed by atoms with Crippen LogP contribution >= 0.6 is 23.2 Å². The fraction of sp³-hybridized carbons (Fsp3) is 0.560. The molecule has 0 aliphatic carbocycles. The molecule has 5 nitrogen and oxygen atoms in total. The number of likely N-dealkylation sites (tertiary alicyclic amines) is 1. The molecule has 0 bridgehead atoms. The minimum absolute atomic E-state index is 0.197. The van der Waals surface area contributed by atoms with Gasteiger partial charge >= 0.3 is 0 Å². The Morgan fingerprint density at radius 2 is 1.94 bits per heavy atom. The van der Waals surface area contributed by atoms with Crippen LogP contribution in [-0.4, -0.2) is 54.3 Å². The largest absolute Gasteiger partial charge is 0.485 e. The van der Waals surface area contributed by atoms with Gasteiger partial charge in [-0.2, -0.15) is 0 Å². The molecule has 7 heteroatoms. The van der Waals surface area contributed by atoms with E-state index < -0.39 is 0 Å². The van der Waals surface area contributed by atoms with E-state index in [2.05, 4.69) is 15.9 Å². The van der Waals surface area contributed by atoms with Crippen LogP contribution in [0.15, 0.2) is 24.3 Å². The molecule has 0 radical (unpaired) electrons.